The van der Waals surface area contributed by atoms with Crippen molar-refractivity contribution in [1.29, 1.82) is 0 Å². The number of imide groups is 1. The number of nitrogens with one attached hydrogen (secondary N) is 1. The molecule has 7 nitrogen and oxygen atoms in total. The fourth-order valence-corrected chi connectivity index (χ4v) is 6.17. The fraction of sp³-hybridized carbons (Fsp3) is 0.478. The van der Waals surface area contributed by atoms with E-state index in [-0.39, 0.29) is 47.9 Å². The molecule has 4 aliphatic rings. The second-order valence-corrected chi connectivity index (χ2v) is 9.90. The smallest absolute Gasteiger partial charge is 0.244 e. The van der Waals surface area contributed by atoms with E-state index in [4.69, 9.17) is 0 Å². The minimum atomic E-state index is -0.392. The van der Waals surface area contributed by atoms with Gasteiger partial charge in [-0.2, -0.15) is 11.8 Å². The predicted octanol–water partition coefficient (Wildman–Crippen LogP) is 1.55. The van der Waals surface area contributed by atoms with Gasteiger partial charge >= 0.3 is 0 Å². The van der Waals surface area contributed by atoms with Crippen LogP contribution in [0.4, 0.5) is 5.69 Å². The number of fused-ring (bicyclic) bond motifs is 5. The normalized spacial score (nSPS) is 28.9. The Morgan fingerprint density at radius 3 is 2.19 bits per heavy atom. The largest absolute Gasteiger partial charge is 0.341 e. The van der Waals surface area contributed by atoms with Gasteiger partial charge in [0, 0.05) is 30.3 Å². The zero-order chi connectivity index (χ0) is 21.5. The molecule has 1 saturated carbocycles. The van der Waals surface area contributed by atoms with Crippen molar-refractivity contribution in [3.63, 3.8) is 0 Å². The Hall–Kier alpha value is -2.61. The molecule has 0 radical (unpaired) electrons. The van der Waals surface area contributed by atoms with Crippen LogP contribution >= 0.6 is 11.8 Å². The van der Waals surface area contributed by atoms with Gasteiger partial charge in [-0.25, -0.2) is 0 Å². The fourth-order valence-electron chi connectivity index (χ4n) is 5.27. The second kappa shape index (κ2) is 8.15. The first-order valence-corrected chi connectivity index (χ1v) is 11.9. The Balaban J connectivity index is 1.15. The summed E-state index contributed by atoms with van der Waals surface area (Å²) >= 11 is 1.87. The highest BCUT2D eigenvalue weighted by atomic mass is 32.2. The van der Waals surface area contributed by atoms with Crippen molar-refractivity contribution in [2.45, 2.75) is 12.8 Å². The summed E-state index contributed by atoms with van der Waals surface area (Å²) < 4.78 is 0. The summed E-state index contributed by atoms with van der Waals surface area (Å²) in [6, 6.07) is 7.15. The Labute approximate surface area is 185 Å². The van der Waals surface area contributed by atoms with Crippen LogP contribution in [0.3, 0.4) is 0 Å². The summed E-state index contributed by atoms with van der Waals surface area (Å²) in [5, 5.41) is 2.76. The molecule has 4 atom stereocenters. The first kappa shape index (κ1) is 20.3. The van der Waals surface area contributed by atoms with E-state index in [2.05, 4.69) is 5.32 Å². The van der Waals surface area contributed by atoms with Crippen molar-refractivity contribution in [2.24, 2.45) is 23.7 Å². The van der Waals surface area contributed by atoms with Gasteiger partial charge in [0.05, 0.1) is 18.3 Å². The molecule has 2 aliphatic heterocycles. The molecule has 31 heavy (non-hydrogen) atoms. The molecule has 2 aliphatic carbocycles. The topological polar surface area (TPSA) is 86.8 Å². The maximum absolute atomic E-state index is 12.7. The van der Waals surface area contributed by atoms with Gasteiger partial charge in [-0.1, -0.05) is 24.3 Å². The summed E-state index contributed by atoms with van der Waals surface area (Å²) in [6.45, 7) is 1.34. The zero-order valence-corrected chi connectivity index (χ0v) is 18.0. The third-order valence-corrected chi connectivity index (χ3v) is 7.76. The van der Waals surface area contributed by atoms with Crippen LogP contribution in [0.5, 0.6) is 0 Å². The molecule has 8 heteroatoms. The molecule has 1 aromatic carbocycles. The van der Waals surface area contributed by atoms with Crippen LogP contribution < -0.4 is 5.32 Å². The van der Waals surface area contributed by atoms with Gasteiger partial charge in [0.15, 0.2) is 0 Å². The minimum Gasteiger partial charge on any atom is -0.341 e. The SMILES string of the molecule is O=C(CN1C(=O)C2C3C=CC(C3)C2C1=O)Nc1ccc(CC(=O)N2CCSCC2)cc1. The first-order valence-electron chi connectivity index (χ1n) is 10.8. The van der Waals surface area contributed by atoms with Gasteiger partial charge in [-0.3, -0.25) is 24.1 Å². The summed E-state index contributed by atoms with van der Waals surface area (Å²) in [7, 11) is 0. The molecule has 1 N–H and O–H groups in total. The molecular weight excluding hydrogens is 414 g/mol. The van der Waals surface area contributed by atoms with E-state index >= 15 is 0 Å². The van der Waals surface area contributed by atoms with Crippen molar-refractivity contribution in [1.82, 2.24) is 9.80 Å². The summed E-state index contributed by atoms with van der Waals surface area (Å²) in [6.07, 6.45) is 5.29. The van der Waals surface area contributed by atoms with Crippen molar-refractivity contribution in [2.75, 3.05) is 36.5 Å². The van der Waals surface area contributed by atoms with Crippen LogP contribution in [0.1, 0.15) is 12.0 Å². The number of likely N-dealkylation sites (tertiary alicyclic amines) is 1. The highest BCUT2D eigenvalue weighted by molar-refractivity contribution is 7.99. The number of nitrogens with zero attached hydrogens (tertiary/aromatic N) is 2. The molecule has 4 amide bonds. The molecule has 0 aromatic heterocycles. The standard InChI is InChI=1S/C23H25N3O4S/c27-18(13-26-22(29)20-15-3-4-16(12-15)21(20)23(26)30)24-17-5-1-14(2-6-17)11-19(28)25-7-9-31-10-8-25/h1-6,15-16,20-21H,7-13H2,(H,24,27). The lowest BCUT2D eigenvalue weighted by molar-refractivity contribution is -0.143. The number of rotatable bonds is 5. The predicted molar refractivity (Wildman–Crippen MR) is 117 cm³/mol. The van der Waals surface area contributed by atoms with Crippen LogP contribution in [0, 0.1) is 23.7 Å². The molecule has 2 saturated heterocycles. The number of benzene rings is 1. The number of carbonyl (C=O) groups excluding carboxylic acids is 4. The molecule has 2 heterocycles. The molecule has 2 bridgehead atoms. The van der Waals surface area contributed by atoms with E-state index in [1.54, 1.807) is 12.1 Å². The molecular formula is C23H25N3O4S. The lowest BCUT2D eigenvalue weighted by Crippen LogP contribution is -2.39. The van der Waals surface area contributed by atoms with Crippen molar-refractivity contribution < 1.29 is 19.2 Å². The average Bonchev–Trinajstić information content (AvgIpc) is 3.46. The number of anilines is 1. The van der Waals surface area contributed by atoms with E-state index in [9.17, 15) is 19.2 Å². The van der Waals surface area contributed by atoms with E-state index in [1.165, 1.54) is 0 Å². The average molecular weight is 440 g/mol. The number of amides is 4. The lowest BCUT2D eigenvalue weighted by atomic mass is 9.85. The molecule has 1 aromatic rings. The Bertz CT molecular complexity index is 924. The number of allylic oxidation sites excluding steroid dienone is 2. The number of hydrogen-bond acceptors (Lipinski definition) is 5. The summed E-state index contributed by atoms with van der Waals surface area (Å²) in [4.78, 5) is 53.3. The summed E-state index contributed by atoms with van der Waals surface area (Å²) in [5.74, 6) is 0.969. The van der Waals surface area contributed by atoms with Gasteiger partial charge in [-0.15, -0.1) is 0 Å². The van der Waals surface area contributed by atoms with E-state index in [0.29, 0.717) is 12.1 Å². The van der Waals surface area contributed by atoms with Crippen LogP contribution in [0.2, 0.25) is 0 Å². The van der Waals surface area contributed by atoms with Crippen LogP contribution in [0.15, 0.2) is 36.4 Å². The molecule has 0 spiro atoms. The number of hydrogen-bond donors (Lipinski definition) is 1. The van der Waals surface area contributed by atoms with Gasteiger partial charge in [0.2, 0.25) is 23.6 Å². The van der Waals surface area contributed by atoms with Gasteiger partial charge in [0.1, 0.15) is 6.54 Å². The van der Waals surface area contributed by atoms with Crippen LogP contribution in [0.25, 0.3) is 0 Å². The Kier molecular flexibility index (Phi) is 5.33. The molecule has 3 fully saturated rings. The second-order valence-electron chi connectivity index (χ2n) is 8.68. The molecule has 162 valence electrons. The van der Waals surface area contributed by atoms with E-state index in [1.807, 2.05) is 40.9 Å². The number of thioether (sulfide) groups is 1. The quantitative estimate of drug-likeness (QED) is 0.556. The van der Waals surface area contributed by atoms with Crippen molar-refractivity contribution in [3.05, 3.63) is 42.0 Å². The summed E-state index contributed by atoms with van der Waals surface area (Å²) in [5.41, 5.74) is 1.47. The highest BCUT2D eigenvalue weighted by Crippen LogP contribution is 2.52. The van der Waals surface area contributed by atoms with E-state index < -0.39 is 5.91 Å². The minimum absolute atomic E-state index is 0.122. The van der Waals surface area contributed by atoms with Crippen molar-refractivity contribution >= 4 is 41.1 Å². The Morgan fingerprint density at radius 1 is 0.968 bits per heavy atom. The third kappa shape index (κ3) is 3.78. The highest BCUT2D eigenvalue weighted by Gasteiger charge is 2.59. The van der Waals surface area contributed by atoms with E-state index in [0.717, 1.165) is 41.5 Å². The van der Waals surface area contributed by atoms with Gasteiger partial charge < -0.3 is 10.2 Å². The molecule has 4 unspecified atom stereocenters. The van der Waals surface area contributed by atoms with Crippen LogP contribution in [-0.4, -0.2) is 64.6 Å². The molecule has 5 rings (SSSR count). The Morgan fingerprint density at radius 2 is 1.58 bits per heavy atom. The first-order chi connectivity index (χ1) is 15.0. The zero-order valence-electron chi connectivity index (χ0n) is 17.2. The third-order valence-electron chi connectivity index (χ3n) is 6.82. The van der Waals surface area contributed by atoms with Gasteiger partial charge in [-0.05, 0) is 36.0 Å². The van der Waals surface area contributed by atoms with Gasteiger partial charge in [0.25, 0.3) is 0 Å². The monoisotopic (exact) mass is 439 g/mol. The number of carbonyl (C=O) groups is 4. The maximum Gasteiger partial charge on any atom is 0.244 e. The van der Waals surface area contributed by atoms with Crippen molar-refractivity contribution in [3.8, 4) is 0 Å². The lowest BCUT2D eigenvalue weighted by Gasteiger charge is -2.26. The van der Waals surface area contributed by atoms with Crippen LogP contribution in [-0.2, 0) is 25.6 Å². The maximum atomic E-state index is 12.7.